The summed E-state index contributed by atoms with van der Waals surface area (Å²) in [4.78, 5) is 1.99. The molecule has 1 aromatic carbocycles. The Balaban J connectivity index is 2.33. The summed E-state index contributed by atoms with van der Waals surface area (Å²) < 4.78 is 24.9. The van der Waals surface area contributed by atoms with Gasteiger partial charge in [-0.15, -0.1) is 0 Å². The molecule has 1 fully saturated rings. The first-order chi connectivity index (χ1) is 9.43. The zero-order valence-electron chi connectivity index (χ0n) is 11.4. The summed E-state index contributed by atoms with van der Waals surface area (Å²) in [5, 5.41) is -0.446. The van der Waals surface area contributed by atoms with Crippen molar-refractivity contribution in [1.29, 1.82) is 0 Å². The van der Waals surface area contributed by atoms with Crippen molar-refractivity contribution in [3.63, 3.8) is 0 Å². The lowest BCUT2D eigenvalue weighted by molar-refractivity contribution is 0.584. The number of sulfone groups is 1. The summed E-state index contributed by atoms with van der Waals surface area (Å²) in [6, 6.07) is 6.04. The predicted molar refractivity (Wildman–Crippen MR) is 90.2 cm³/mol. The largest absolute Gasteiger partial charge is 0.353 e. The Bertz CT molecular complexity index is 578. The zero-order valence-corrected chi connectivity index (χ0v) is 14.6. The molecule has 20 heavy (non-hydrogen) atoms. The minimum atomic E-state index is -3.10. The standard InChI is InChI=1S/C13H19BrN2O2S2/c1-20(17,18)13-9-19-7-6-16(13)12-3-2-10(4-5-15)8-11(12)14/h2-3,8,13H,4-7,9,15H2,1H3. The van der Waals surface area contributed by atoms with Gasteiger partial charge in [-0.05, 0) is 46.6 Å². The molecule has 2 N–H and O–H groups in total. The lowest BCUT2D eigenvalue weighted by atomic mass is 10.1. The van der Waals surface area contributed by atoms with Crippen LogP contribution in [0.4, 0.5) is 5.69 Å². The minimum absolute atomic E-state index is 0.446. The Morgan fingerprint density at radius 3 is 2.85 bits per heavy atom. The van der Waals surface area contributed by atoms with Crippen molar-refractivity contribution in [2.75, 3.05) is 35.8 Å². The molecule has 1 unspecified atom stereocenters. The number of thioether (sulfide) groups is 1. The molecule has 0 aliphatic carbocycles. The highest BCUT2D eigenvalue weighted by atomic mass is 79.9. The molecule has 4 nitrogen and oxygen atoms in total. The summed E-state index contributed by atoms with van der Waals surface area (Å²) in [6.45, 7) is 1.36. The molecular weight excluding hydrogens is 360 g/mol. The van der Waals surface area contributed by atoms with Crippen LogP contribution in [0.1, 0.15) is 5.56 Å². The van der Waals surface area contributed by atoms with E-state index in [1.165, 1.54) is 6.26 Å². The number of hydrogen-bond acceptors (Lipinski definition) is 5. The molecule has 0 aromatic heterocycles. The number of nitrogens with zero attached hydrogens (tertiary/aromatic N) is 1. The Morgan fingerprint density at radius 1 is 1.50 bits per heavy atom. The van der Waals surface area contributed by atoms with Crippen LogP contribution in [-0.2, 0) is 16.3 Å². The second kappa shape index (κ2) is 6.68. The van der Waals surface area contributed by atoms with Gasteiger partial charge < -0.3 is 10.6 Å². The lowest BCUT2D eigenvalue weighted by Gasteiger charge is -2.36. The van der Waals surface area contributed by atoms with E-state index in [1.807, 2.05) is 23.1 Å². The first-order valence-electron chi connectivity index (χ1n) is 6.45. The molecule has 1 heterocycles. The maximum absolute atomic E-state index is 12.0. The third-order valence-electron chi connectivity index (χ3n) is 3.33. The molecular formula is C13H19BrN2O2S2. The average Bonchev–Trinajstić information content (AvgIpc) is 2.38. The molecule has 0 amide bonds. The topological polar surface area (TPSA) is 63.4 Å². The number of anilines is 1. The molecule has 1 aromatic rings. The summed E-state index contributed by atoms with van der Waals surface area (Å²) in [6.07, 6.45) is 2.14. The van der Waals surface area contributed by atoms with E-state index in [-0.39, 0.29) is 0 Å². The summed E-state index contributed by atoms with van der Waals surface area (Å²) >= 11 is 5.26. The SMILES string of the molecule is CS(=O)(=O)C1CSCCN1c1ccc(CCN)cc1Br. The molecule has 0 saturated carbocycles. The van der Waals surface area contributed by atoms with Gasteiger partial charge in [0.2, 0.25) is 0 Å². The van der Waals surface area contributed by atoms with E-state index in [1.54, 1.807) is 11.8 Å². The Morgan fingerprint density at radius 2 is 2.25 bits per heavy atom. The van der Waals surface area contributed by atoms with Crippen LogP contribution in [-0.4, -0.2) is 44.6 Å². The molecule has 0 bridgehead atoms. The fraction of sp³-hybridized carbons (Fsp3) is 0.538. The van der Waals surface area contributed by atoms with Crippen LogP contribution < -0.4 is 10.6 Å². The van der Waals surface area contributed by atoms with E-state index >= 15 is 0 Å². The van der Waals surface area contributed by atoms with Crippen LogP contribution in [0.2, 0.25) is 0 Å². The van der Waals surface area contributed by atoms with Gasteiger partial charge in [0, 0.05) is 28.8 Å². The Kier molecular flexibility index (Phi) is 5.39. The van der Waals surface area contributed by atoms with Crippen molar-refractivity contribution in [1.82, 2.24) is 0 Å². The number of hydrogen-bond donors (Lipinski definition) is 1. The molecule has 1 aliphatic rings. The van der Waals surface area contributed by atoms with Crippen LogP contribution >= 0.6 is 27.7 Å². The van der Waals surface area contributed by atoms with E-state index in [9.17, 15) is 8.42 Å². The van der Waals surface area contributed by atoms with Crippen molar-refractivity contribution in [3.05, 3.63) is 28.2 Å². The van der Waals surface area contributed by atoms with Crippen LogP contribution in [0.15, 0.2) is 22.7 Å². The number of halogens is 1. The smallest absolute Gasteiger partial charge is 0.169 e. The zero-order chi connectivity index (χ0) is 14.8. The van der Waals surface area contributed by atoms with Crippen molar-refractivity contribution in [3.8, 4) is 0 Å². The van der Waals surface area contributed by atoms with Crippen LogP contribution in [0.5, 0.6) is 0 Å². The van der Waals surface area contributed by atoms with Crippen LogP contribution in [0, 0.1) is 0 Å². The maximum Gasteiger partial charge on any atom is 0.169 e. The van der Waals surface area contributed by atoms with Crippen molar-refractivity contribution >= 4 is 43.2 Å². The monoisotopic (exact) mass is 378 g/mol. The molecule has 1 atom stereocenters. The Labute approximate surface area is 133 Å². The van der Waals surface area contributed by atoms with Crippen molar-refractivity contribution < 1.29 is 8.42 Å². The van der Waals surface area contributed by atoms with Gasteiger partial charge in [0.25, 0.3) is 0 Å². The highest BCUT2D eigenvalue weighted by molar-refractivity contribution is 9.10. The third-order valence-corrected chi connectivity index (χ3v) is 6.61. The maximum atomic E-state index is 12.0. The van der Waals surface area contributed by atoms with E-state index < -0.39 is 15.2 Å². The van der Waals surface area contributed by atoms with Gasteiger partial charge in [-0.3, -0.25) is 0 Å². The number of nitrogens with two attached hydrogens (primary N) is 1. The van der Waals surface area contributed by atoms with E-state index in [0.29, 0.717) is 12.3 Å². The third kappa shape index (κ3) is 3.69. The quantitative estimate of drug-likeness (QED) is 0.866. The number of rotatable bonds is 4. The molecule has 0 spiro atoms. The van der Waals surface area contributed by atoms with Gasteiger partial charge in [-0.2, -0.15) is 11.8 Å². The van der Waals surface area contributed by atoms with Crippen LogP contribution in [0.3, 0.4) is 0 Å². The van der Waals surface area contributed by atoms with Crippen molar-refractivity contribution in [2.24, 2.45) is 5.73 Å². The summed E-state index contributed by atoms with van der Waals surface area (Å²) in [5.41, 5.74) is 7.67. The molecule has 1 aliphatic heterocycles. The second-order valence-corrected chi connectivity index (χ2v) is 9.08. The van der Waals surface area contributed by atoms with Gasteiger partial charge in [0.15, 0.2) is 9.84 Å². The van der Waals surface area contributed by atoms with Gasteiger partial charge in [-0.25, -0.2) is 8.42 Å². The normalized spacial score (nSPS) is 20.1. The molecule has 2 rings (SSSR count). The fourth-order valence-corrected chi connectivity index (χ4v) is 5.80. The van der Waals surface area contributed by atoms with Crippen molar-refractivity contribution in [2.45, 2.75) is 11.8 Å². The highest BCUT2D eigenvalue weighted by Crippen LogP contribution is 2.33. The van der Waals surface area contributed by atoms with Gasteiger partial charge in [-0.1, -0.05) is 6.07 Å². The number of benzene rings is 1. The summed E-state index contributed by atoms with van der Waals surface area (Å²) in [7, 11) is -3.10. The molecule has 112 valence electrons. The fourth-order valence-electron chi connectivity index (χ4n) is 2.32. The minimum Gasteiger partial charge on any atom is -0.353 e. The van der Waals surface area contributed by atoms with Crippen LogP contribution in [0.25, 0.3) is 0 Å². The molecule has 0 radical (unpaired) electrons. The van der Waals surface area contributed by atoms with Gasteiger partial charge >= 0.3 is 0 Å². The first-order valence-corrected chi connectivity index (χ1v) is 10.4. The molecule has 7 heteroatoms. The average molecular weight is 379 g/mol. The first kappa shape index (κ1) is 16.1. The van der Waals surface area contributed by atoms with Gasteiger partial charge in [0.05, 0.1) is 5.69 Å². The van der Waals surface area contributed by atoms with Gasteiger partial charge in [0.1, 0.15) is 5.37 Å². The summed E-state index contributed by atoms with van der Waals surface area (Å²) in [5.74, 6) is 1.57. The lowest BCUT2D eigenvalue weighted by Crippen LogP contribution is -2.47. The predicted octanol–water partition coefficient (Wildman–Crippen LogP) is 1.87. The highest BCUT2D eigenvalue weighted by Gasteiger charge is 2.31. The Hall–Kier alpha value is -0.240. The van der Waals surface area contributed by atoms with E-state index in [2.05, 4.69) is 15.9 Å². The van der Waals surface area contributed by atoms with E-state index in [4.69, 9.17) is 5.73 Å². The molecule has 1 saturated heterocycles. The second-order valence-electron chi connectivity index (χ2n) is 4.88. The van der Waals surface area contributed by atoms with E-state index in [0.717, 1.165) is 34.4 Å².